The predicted molar refractivity (Wildman–Crippen MR) is 127 cm³/mol. The van der Waals surface area contributed by atoms with E-state index in [0.29, 0.717) is 18.1 Å². The molecule has 0 aliphatic rings. The molecule has 0 saturated heterocycles. The Kier molecular flexibility index (Phi) is 12.8. The zero-order chi connectivity index (χ0) is 25.2. The molecule has 0 N–H and O–H groups in total. The standard InChI is InChI=1S/C21H39F3O5SSi2/c1-9-16-19(28-31(10-2,11-3)12-4)17-20(29-32(13-5,14-6)15-7)18(8)27-30(25,26)21(22,23)24/h1,19-20H,8,10-17H2,2-7H3/t19-,20+/m1/s1. The summed E-state index contributed by atoms with van der Waals surface area (Å²) in [5.74, 6) is 1.98. The molecule has 0 unspecified atom stereocenters. The Hall–Kier alpha value is -0.806. The third-order valence-electron chi connectivity index (χ3n) is 6.36. The van der Waals surface area contributed by atoms with Crippen LogP contribution in [0.15, 0.2) is 12.3 Å². The Balaban J connectivity index is 6.08. The fourth-order valence-corrected chi connectivity index (χ4v) is 9.89. The van der Waals surface area contributed by atoms with Crippen molar-refractivity contribution in [2.24, 2.45) is 0 Å². The highest BCUT2D eigenvalue weighted by molar-refractivity contribution is 7.87. The van der Waals surface area contributed by atoms with E-state index in [0.717, 1.165) is 18.1 Å². The van der Waals surface area contributed by atoms with Gasteiger partial charge < -0.3 is 13.0 Å². The number of halogens is 3. The molecule has 0 saturated carbocycles. The van der Waals surface area contributed by atoms with Crippen LogP contribution >= 0.6 is 0 Å². The van der Waals surface area contributed by atoms with Crippen molar-refractivity contribution in [2.45, 2.75) is 108 Å². The molecular formula is C21H39F3O5SSi2. The molecule has 0 amide bonds. The van der Waals surface area contributed by atoms with Gasteiger partial charge in [-0.15, -0.1) is 12.3 Å². The first-order valence-electron chi connectivity index (χ1n) is 11.2. The highest BCUT2D eigenvalue weighted by Gasteiger charge is 2.49. The highest BCUT2D eigenvalue weighted by Crippen LogP contribution is 2.33. The summed E-state index contributed by atoms with van der Waals surface area (Å²) < 4.78 is 79.2. The quantitative estimate of drug-likeness (QED) is 0.0764. The first-order chi connectivity index (χ1) is 14.7. The van der Waals surface area contributed by atoms with Gasteiger partial charge >= 0.3 is 15.6 Å². The number of hydrogen-bond acceptors (Lipinski definition) is 5. The number of rotatable bonds is 16. The van der Waals surface area contributed by atoms with Gasteiger partial charge in [0, 0.05) is 12.8 Å². The molecular weight excluding hydrogens is 477 g/mol. The summed E-state index contributed by atoms with van der Waals surface area (Å²) in [6.45, 7) is 15.6. The molecule has 0 aliphatic heterocycles. The Bertz CT molecular complexity index is 710. The lowest BCUT2D eigenvalue weighted by Gasteiger charge is -2.37. The van der Waals surface area contributed by atoms with Crippen LogP contribution in [0.4, 0.5) is 13.2 Å². The summed E-state index contributed by atoms with van der Waals surface area (Å²) in [6.07, 6.45) is 4.28. The van der Waals surface area contributed by atoms with Crippen LogP contribution in [-0.4, -0.2) is 42.8 Å². The molecule has 0 radical (unpaired) electrons. The molecule has 5 nitrogen and oxygen atoms in total. The van der Waals surface area contributed by atoms with Gasteiger partial charge in [0.15, 0.2) is 16.6 Å². The van der Waals surface area contributed by atoms with Crippen LogP contribution in [0.25, 0.3) is 0 Å². The number of terminal acetylenes is 1. The van der Waals surface area contributed by atoms with E-state index in [9.17, 15) is 21.6 Å². The number of hydrogen-bond donors (Lipinski definition) is 0. The van der Waals surface area contributed by atoms with Crippen molar-refractivity contribution in [3.63, 3.8) is 0 Å². The summed E-state index contributed by atoms with van der Waals surface area (Å²) in [7, 11) is -10.3. The van der Waals surface area contributed by atoms with Gasteiger partial charge in [0.05, 0.1) is 6.10 Å². The van der Waals surface area contributed by atoms with Crippen molar-refractivity contribution in [1.29, 1.82) is 0 Å². The number of alkyl halides is 3. The van der Waals surface area contributed by atoms with Crippen LogP contribution in [0.2, 0.25) is 36.3 Å². The maximum absolute atomic E-state index is 12.9. The average molecular weight is 517 g/mol. The first kappa shape index (κ1) is 31.2. The molecule has 0 aromatic carbocycles. The Morgan fingerprint density at radius 3 is 1.69 bits per heavy atom. The van der Waals surface area contributed by atoms with Crippen LogP contribution < -0.4 is 0 Å². The molecule has 0 rings (SSSR count). The lowest BCUT2D eigenvalue weighted by Crippen LogP contribution is -2.45. The average Bonchev–Trinajstić information content (AvgIpc) is 2.74. The minimum absolute atomic E-state index is 0.0832. The Morgan fingerprint density at radius 1 is 0.938 bits per heavy atom. The lowest BCUT2D eigenvalue weighted by molar-refractivity contribution is -0.0533. The molecule has 2 atom stereocenters. The van der Waals surface area contributed by atoms with E-state index in [2.05, 4.69) is 37.5 Å². The van der Waals surface area contributed by atoms with Crippen LogP contribution in [0.1, 0.15) is 54.4 Å². The molecule has 0 bridgehead atoms. The lowest BCUT2D eigenvalue weighted by atomic mass is 10.1. The van der Waals surface area contributed by atoms with Crippen molar-refractivity contribution < 1.29 is 34.6 Å². The van der Waals surface area contributed by atoms with Gasteiger partial charge in [-0.3, -0.25) is 0 Å². The maximum atomic E-state index is 12.9. The van der Waals surface area contributed by atoms with Gasteiger partial charge in [-0.05, 0) is 36.3 Å². The van der Waals surface area contributed by atoms with Crippen LogP contribution in [0.5, 0.6) is 0 Å². The molecule has 32 heavy (non-hydrogen) atoms. The van der Waals surface area contributed by atoms with Gasteiger partial charge in [-0.25, -0.2) is 0 Å². The second-order valence-electron chi connectivity index (χ2n) is 7.93. The van der Waals surface area contributed by atoms with Crippen molar-refractivity contribution >= 4 is 26.8 Å². The Morgan fingerprint density at radius 2 is 1.34 bits per heavy atom. The molecule has 0 fully saturated rings. The van der Waals surface area contributed by atoms with E-state index in [1.807, 2.05) is 20.8 Å². The molecule has 0 heterocycles. The van der Waals surface area contributed by atoms with Gasteiger partial charge in [0.1, 0.15) is 11.9 Å². The first-order valence-corrected chi connectivity index (χ1v) is 17.7. The monoisotopic (exact) mass is 516 g/mol. The zero-order valence-corrected chi connectivity index (χ0v) is 23.0. The van der Waals surface area contributed by atoms with Crippen molar-refractivity contribution in [2.75, 3.05) is 0 Å². The minimum Gasteiger partial charge on any atom is -0.413 e. The molecule has 0 aromatic rings. The molecule has 0 aliphatic carbocycles. The molecule has 0 spiro atoms. The van der Waals surface area contributed by atoms with Crippen LogP contribution in [0.3, 0.4) is 0 Å². The predicted octanol–water partition coefficient (Wildman–Crippen LogP) is 6.56. The van der Waals surface area contributed by atoms with Crippen molar-refractivity contribution in [3.8, 4) is 12.3 Å². The third-order valence-corrected chi connectivity index (χ3v) is 16.7. The Labute approximate surface area is 194 Å². The summed E-state index contributed by atoms with van der Waals surface area (Å²) in [5.41, 5.74) is -5.56. The second-order valence-corrected chi connectivity index (χ2v) is 18.9. The molecule has 188 valence electrons. The van der Waals surface area contributed by atoms with Crippen LogP contribution in [0, 0.1) is 12.3 Å². The fraction of sp³-hybridized carbons (Fsp3) is 0.810. The van der Waals surface area contributed by atoms with Gasteiger partial charge in [0.2, 0.25) is 0 Å². The summed E-state index contributed by atoms with van der Waals surface area (Å²) in [4.78, 5) is 0. The topological polar surface area (TPSA) is 61.8 Å². The van der Waals surface area contributed by atoms with E-state index in [1.54, 1.807) is 0 Å². The SMILES string of the molecule is C#CC[C@H](C[C@H](O[Si](CC)(CC)CC)C(=C)OS(=O)(=O)C(F)(F)F)O[Si](CC)(CC)CC. The summed E-state index contributed by atoms with van der Waals surface area (Å²) >= 11 is 0. The van der Waals surface area contributed by atoms with Gasteiger partial charge in [-0.2, -0.15) is 21.6 Å². The highest BCUT2D eigenvalue weighted by atomic mass is 32.2. The van der Waals surface area contributed by atoms with Gasteiger partial charge in [0.25, 0.3) is 0 Å². The van der Waals surface area contributed by atoms with Crippen molar-refractivity contribution in [1.82, 2.24) is 0 Å². The van der Waals surface area contributed by atoms with E-state index >= 15 is 0 Å². The largest absolute Gasteiger partial charge is 0.534 e. The molecule has 11 heteroatoms. The van der Waals surface area contributed by atoms with E-state index in [4.69, 9.17) is 15.3 Å². The maximum Gasteiger partial charge on any atom is 0.534 e. The van der Waals surface area contributed by atoms with Gasteiger partial charge in [-0.1, -0.05) is 48.1 Å². The summed E-state index contributed by atoms with van der Waals surface area (Å²) in [5, 5.41) is 0. The molecule has 0 aromatic heterocycles. The normalized spacial score (nSPS) is 15.1. The van der Waals surface area contributed by atoms with Crippen molar-refractivity contribution in [3.05, 3.63) is 12.3 Å². The second kappa shape index (κ2) is 13.2. The fourth-order valence-electron chi connectivity index (χ4n) is 3.69. The third kappa shape index (κ3) is 8.52. The zero-order valence-electron chi connectivity index (χ0n) is 20.2. The summed E-state index contributed by atoms with van der Waals surface area (Å²) in [6, 6.07) is 4.74. The smallest absolute Gasteiger partial charge is 0.413 e. The van der Waals surface area contributed by atoms with Crippen LogP contribution in [-0.2, 0) is 23.2 Å². The minimum atomic E-state index is -5.85. The van der Waals surface area contributed by atoms with E-state index in [1.165, 1.54) is 0 Å². The van der Waals surface area contributed by atoms with E-state index in [-0.39, 0.29) is 12.8 Å². The van der Waals surface area contributed by atoms with E-state index < -0.39 is 50.2 Å².